The van der Waals surface area contributed by atoms with E-state index >= 15 is 0 Å². The molecule has 0 aromatic carbocycles. The van der Waals surface area contributed by atoms with E-state index < -0.39 is 6.10 Å². The maximum atomic E-state index is 12.8. The third kappa shape index (κ3) is 62.1. The van der Waals surface area contributed by atoms with Gasteiger partial charge in [-0.05, 0) is 57.8 Å². The molecule has 0 N–H and O–H groups in total. The molecular formula is C69H126O6. The van der Waals surface area contributed by atoms with E-state index in [1.165, 1.54) is 218 Å². The van der Waals surface area contributed by atoms with E-state index in [2.05, 4.69) is 69.4 Å². The van der Waals surface area contributed by atoms with E-state index in [1.54, 1.807) is 0 Å². The molecule has 0 radical (unpaired) electrons. The topological polar surface area (TPSA) is 78.9 Å². The summed E-state index contributed by atoms with van der Waals surface area (Å²) in [4.78, 5) is 38.1. The number of hydrogen-bond donors (Lipinski definition) is 0. The molecule has 0 saturated heterocycles. The molecule has 0 fully saturated rings. The average Bonchev–Trinajstić information content (AvgIpc) is 3.41. The van der Waals surface area contributed by atoms with Gasteiger partial charge in [0.2, 0.25) is 0 Å². The fourth-order valence-electron chi connectivity index (χ4n) is 9.91. The van der Waals surface area contributed by atoms with E-state index in [4.69, 9.17) is 14.2 Å². The van der Waals surface area contributed by atoms with Crippen molar-refractivity contribution in [3.63, 3.8) is 0 Å². The first-order valence-corrected chi connectivity index (χ1v) is 33.1. The fraction of sp³-hybridized carbons (Fsp3) is 0.841. The van der Waals surface area contributed by atoms with Gasteiger partial charge in [-0.3, -0.25) is 14.4 Å². The Morgan fingerprint density at radius 2 is 0.520 bits per heavy atom. The van der Waals surface area contributed by atoms with Crippen molar-refractivity contribution in [2.45, 2.75) is 361 Å². The number of esters is 3. The first-order chi connectivity index (χ1) is 37.0. The van der Waals surface area contributed by atoms with Crippen LogP contribution >= 0.6 is 0 Å². The van der Waals surface area contributed by atoms with Crippen molar-refractivity contribution < 1.29 is 28.6 Å². The quantitative estimate of drug-likeness (QED) is 0.0261. The monoisotopic (exact) mass is 1050 g/mol. The van der Waals surface area contributed by atoms with Crippen LogP contribution < -0.4 is 0 Å². The number of hydrogen-bond acceptors (Lipinski definition) is 6. The van der Waals surface area contributed by atoms with Crippen LogP contribution in [0.1, 0.15) is 355 Å². The summed E-state index contributed by atoms with van der Waals surface area (Å²) in [5.74, 6) is -0.890. The summed E-state index contributed by atoms with van der Waals surface area (Å²) in [6, 6.07) is 0. The van der Waals surface area contributed by atoms with Gasteiger partial charge < -0.3 is 14.2 Å². The Hall–Kier alpha value is -2.63. The second kappa shape index (κ2) is 63.9. The molecule has 0 bridgehead atoms. The summed E-state index contributed by atoms with van der Waals surface area (Å²) in [5.41, 5.74) is 0. The number of carbonyl (C=O) groups excluding carboxylic acids is 3. The molecule has 1 unspecified atom stereocenters. The normalized spacial score (nSPS) is 12.3. The van der Waals surface area contributed by atoms with Gasteiger partial charge in [0.1, 0.15) is 13.2 Å². The van der Waals surface area contributed by atoms with Gasteiger partial charge in [-0.2, -0.15) is 0 Å². The van der Waals surface area contributed by atoms with Gasteiger partial charge in [-0.25, -0.2) is 0 Å². The van der Waals surface area contributed by atoms with Crippen LogP contribution in [-0.4, -0.2) is 37.2 Å². The van der Waals surface area contributed by atoms with Gasteiger partial charge in [-0.15, -0.1) is 0 Å². The van der Waals surface area contributed by atoms with Gasteiger partial charge in [0.25, 0.3) is 0 Å². The van der Waals surface area contributed by atoms with E-state index in [0.717, 1.165) is 96.3 Å². The molecule has 0 amide bonds. The molecule has 75 heavy (non-hydrogen) atoms. The molecule has 0 spiro atoms. The lowest BCUT2D eigenvalue weighted by Gasteiger charge is -2.18. The van der Waals surface area contributed by atoms with Gasteiger partial charge in [0, 0.05) is 19.3 Å². The second-order valence-electron chi connectivity index (χ2n) is 22.4. The van der Waals surface area contributed by atoms with Crippen LogP contribution in [0.5, 0.6) is 0 Å². The van der Waals surface area contributed by atoms with Crippen LogP contribution in [0.2, 0.25) is 0 Å². The smallest absolute Gasteiger partial charge is 0.306 e. The molecular weight excluding hydrogens is 925 g/mol. The lowest BCUT2D eigenvalue weighted by atomic mass is 10.0. The van der Waals surface area contributed by atoms with Crippen LogP contribution in [0.4, 0.5) is 0 Å². The predicted octanol–water partition coefficient (Wildman–Crippen LogP) is 22.6. The highest BCUT2D eigenvalue weighted by molar-refractivity contribution is 5.71. The second-order valence-corrected chi connectivity index (χ2v) is 22.4. The van der Waals surface area contributed by atoms with Crippen molar-refractivity contribution in [1.82, 2.24) is 0 Å². The van der Waals surface area contributed by atoms with Crippen molar-refractivity contribution in [3.05, 3.63) is 48.6 Å². The summed E-state index contributed by atoms with van der Waals surface area (Å²) in [6.45, 7) is 6.52. The molecule has 0 aliphatic heterocycles. The third-order valence-electron chi connectivity index (χ3n) is 14.8. The zero-order chi connectivity index (χ0) is 54.3. The minimum atomic E-state index is -0.782. The molecule has 0 rings (SSSR count). The Bertz CT molecular complexity index is 1300. The summed E-state index contributed by atoms with van der Waals surface area (Å²) < 4.78 is 16.8. The van der Waals surface area contributed by atoms with Crippen molar-refractivity contribution in [2.24, 2.45) is 0 Å². The largest absolute Gasteiger partial charge is 0.462 e. The SMILES string of the molecule is CC/C=C\C/C=C\C/C=C\C/C=C\CCCCCCC(=O)OC(COC(=O)CCCCCCCCCC)COC(=O)CCCCCCCCCCCCCCCCCCCCCCCCCCCCCCCCCC. The van der Waals surface area contributed by atoms with Gasteiger partial charge in [0.15, 0.2) is 6.10 Å². The Labute approximate surface area is 467 Å². The van der Waals surface area contributed by atoms with Crippen LogP contribution in [0, 0.1) is 0 Å². The third-order valence-corrected chi connectivity index (χ3v) is 14.8. The molecule has 0 saturated carbocycles. The summed E-state index contributed by atoms with van der Waals surface area (Å²) in [5, 5.41) is 0. The lowest BCUT2D eigenvalue weighted by Crippen LogP contribution is -2.30. The molecule has 0 aromatic rings. The standard InChI is InChI=1S/C69H126O6/c1-4-7-10-13-16-19-21-23-25-27-28-29-30-31-32-33-34-35-36-37-38-39-40-41-43-44-46-48-50-53-56-59-62-68(71)74-65-66(64-73-67(70)61-58-55-52-18-15-12-9-6-3)75-69(72)63-60-57-54-51-49-47-45-42-26-24-22-20-17-14-11-8-5-2/h8,11,17,20,24,26,45,47,66H,4-7,9-10,12-16,18-19,21-23,25,27-44,46,48-65H2,1-3H3/b11-8-,20-17-,26-24-,47-45-. The molecule has 0 heterocycles. The molecule has 0 aliphatic carbocycles. The van der Waals surface area contributed by atoms with E-state index in [-0.39, 0.29) is 31.1 Å². The zero-order valence-corrected chi connectivity index (χ0v) is 50.3. The van der Waals surface area contributed by atoms with Crippen LogP contribution in [0.3, 0.4) is 0 Å². The first-order valence-electron chi connectivity index (χ1n) is 33.1. The molecule has 6 nitrogen and oxygen atoms in total. The zero-order valence-electron chi connectivity index (χ0n) is 50.3. The van der Waals surface area contributed by atoms with E-state index in [1.807, 2.05) is 0 Å². The molecule has 0 aromatic heterocycles. The van der Waals surface area contributed by atoms with Crippen LogP contribution in [0.25, 0.3) is 0 Å². The number of rotatable bonds is 61. The maximum Gasteiger partial charge on any atom is 0.306 e. The Balaban J connectivity index is 4.02. The van der Waals surface area contributed by atoms with Crippen molar-refractivity contribution in [3.8, 4) is 0 Å². The number of allylic oxidation sites excluding steroid dienone is 8. The number of carbonyl (C=O) groups is 3. The average molecular weight is 1050 g/mol. The Morgan fingerprint density at radius 1 is 0.280 bits per heavy atom. The Kier molecular flexibility index (Phi) is 61.7. The molecule has 6 heteroatoms. The minimum absolute atomic E-state index is 0.0793. The number of ether oxygens (including phenoxy) is 3. The van der Waals surface area contributed by atoms with Crippen molar-refractivity contribution in [1.29, 1.82) is 0 Å². The fourth-order valence-corrected chi connectivity index (χ4v) is 9.91. The van der Waals surface area contributed by atoms with Gasteiger partial charge in [-0.1, -0.05) is 326 Å². The van der Waals surface area contributed by atoms with Crippen LogP contribution in [0.15, 0.2) is 48.6 Å². The molecule has 0 aliphatic rings. The maximum absolute atomic E-state index is 12.8. The highest BCUT2D eigenvalue weighted by Gasteiger charge is 2.19. The van der Waals surface area contributed by atoms with Gasteiger partial charge in [0.05, 0.1) is 0 Å². The summed E-state index contributed by atoms with van der Waals surface area (Å²) in [6.07, 6.45) is 80.3. The highest BCUT2D eigenvalue weighted by atomic mass is 16.6. The number of unbranched alkanes of at least 4 members (excludes halogenated alkanes) is 42. The lowest BCUT2D eigenvalue weighted by molar-refractivity contribution is -0.167. The van der Waals surface area contributed by atoms with E-state index in [9.17, 15) is 14.4 Å². The van der Waals surface area contributed by atoms with Crippen LogP contribution in [-0.2, 0) is 28.6 Å². The van der Waals surface area contributed by atoms with Crippen molar-refractivity contribution in [2.75, 3.05) is 13.2 Å². The summed E-state index contributed by atoms with van der Waals surface area (Å²) >= 11 is 0. The molecule has 1 atom stereocenters. The Morgan fingerprint density at radius 3 is 0.813 bits per heavy atom. The highest BCUT2D eigenvalue weighted by Crippen LogP contribution is 2.18. The summed E-state index contributed by atoms with van der Waals surface area (Å²) in [7, 11) is 0. The van der Waals surface area contributed by atoms with E-state index in [0.29, 0.717) is 19.3 Å². The predicted molar refractivity (Wildman–Crippen MR) is 325 cm³/mol. The van der Waals surface area contributed by atoms with Crippen molar-refractivity contribution >= 4 is 17.9 Å². The first kappa shape index (κ1) is 72.4. The van der Waals surface area contributed by atoms with Gasteiger partial charge >= 0.3 is 17.9 Å². The minimum Gasteiger partial charge on any atom is -0.462 e. The molecule has 438 valence electrons.